The van der Waals surface area contributed by atoms with Crippen molar-refractivity contribution in [3.05, 3.63) is 76.8 Å². The Balaban J connectivity index is 1.36. The van der Waals surface area contributed by atoms with Gasteiger partial charge >= 0.3 is 0 Å². The van der Waals surface area contributed by atoms with Gasteiger partial charge in [-0.2, -0.15) is 4.98 Å². The number of anilines is 1. The van der Waals surface area contributed by atoms with E-state index in [0.29, 0.717) is 4.77 Å². The standard InChI is InChI=1S/C21H23N5S/c27-21-22-20(12-11-18-7-3-1-4-8-18)23-26(21)17-24-13-15-25(16-14-24)19-9-5-2-6-10-19/h1-12H,13-17H2,(H,22,23,27)/b12-11+. The summed E-state index contributed by atoms with van der Waals surface area (Å²) in [6.45, 7) is 4.79. The number of hydrogen-bond acceptors (Lipinski definition) is 4. The second-order valence-corrected chi connectivity index (χ2v) is 7.01. The van der Waals surface area contributed by atoms with Crippen molar-refractivity contribution in [3.63, 3.8) is 0 Å². The number of para-hydroxylation sites is 1. The first-order valence-electron chi connectivity index (χ1n) is 9.20. The molecule has 2 aromatic carbocycles. The van der Waals surface area contributed by atoms with Gasteiger partial charge in [0.1, 0.15) is 5.82 Å². The number of nitrogens with zero attached hydrogens (tertiary/aromatic N) is 4. The zero-order valence-electron chi connectivity index (χ0n) is 15.2. The van der Waals surface area contributed by atoms with Gasteiger partial charge < -0.3 is 4.90 Å². The van der Waals surface area contributed by atoms with E-state index in [4.69, 9.17) is 12.2 Å². The van der Waals surface area contributed by atoms with Crippen molar-refractivity contribution in [1.29, 1.82) is 0 Å². The molecule has 0 bridgehead atoms. The molecular weight excluding hydrogens is 354 g/mol. The SMILES string of the molecule is S=c1nc(/C=C/c2ccccc2)[nH]n1CN1CCN(c2ccccc2)CC1. The van der Waals surface area contributed by atoms with Crippen LogP contribution in [-0.2, 0) is 6.67 Å². The zero-order valence-corrected chi connectivity index (χ0v) is 16.0. The van der Waals surface area contributed by atoms with E-state index >= 15 is 0 Å². The van der Waals surface area contributed by atoms with Crippen molar-refractivity contribution >= 4 is 30.1 Å². The van der Waals surface area contributed by atoms with E-state index in [1.54, 1.807) is 0 Å². The minimum atomic E-state index is 0.591. The second-order valence-electron chi connectivity index (χ2n) is 6.65. The van der Waals surface area contributed by atoms with Crippen molar-refractivity contribution in [2.45, 2.75) is 6.67 Å². The number of hydrogen-bond donors (Lipinski definition) is 1. The Labute approximate surface area is 164 Å². The number of rotatable bonds is 5. The molecule has 0 atom stereocenters. The Morgan fingerprint density at radius 2 is 1.56 bits per heavy atom. The molecule has 2 heterocycles. The number of aromatic amines is 1. The van der Waals surface area contributed by atoms with Crippen LogP contribution in [0.3, 0.4) is 0 Å². The highest BCUT2D eigenvalue weighted by Crippen LogP contribution is 2.16. The van der Waals surface area contributed by atoms with Crippen molar-refractivity contribution < 1.29 is 0 Å². The van der Waals surface area contributed by atoms with Crippen LogP contribution in [0.1, 0.15) is 11.4 Å². The van der Waals surface area contributed by atoms with Gasteiger partial charge in [-0.1, -0.05) is 54.6 Å². The van der Waals surface area contributed by atoms with Crippen LogP contribution in [-0.4, -0.2) is 45.8 Å². The van der Waals surface area contributed by atoms with Gasteiger partial charge in [0.15, 0.2) is 0 Å². The molecule has 0 amide bonds. The zero-order chi connectivity index (χ0) is 18.5. The van der Waals surface area contributed by atoms with E-state index in [1.165, 1.54) is 5.69 Å². The molecule has 6 heteroatoms. The minimum Gasteiger partial charge on any atom is -0.369 e. The molecule has 0 radical (unpaired) electrons. The van der Waals surface area contributed by atoms with Crippen molar-refractivity contribution in [1.82, 2.24) is 19.7 Å². The Bertz CT molecular complexity index is 937. The van der Waals surface area contributed by atoms with Crippen LogP contribution in [0, 0.1) is 4.77 Å². The average molecular weight is 378 g/mol. The van der Waals surface area contributed by atoms with Crippen LogP contribution in [0.15, 0.2) is 60.7 Å². The minimum absolute atomic E-state index is 0.591. The summed E-state index contributed by atoms with van der Waals surface area (Å²) < 4.78 is 2.53. The maximum Gasteiger partial charge on any atom is 0.217 e. The van der Waals surface area contributed by atoms with E-state index in [9.17, 15) is 0 Å². The number of H-pyrrole nitrogens is 1. The van der Waals surface area contributed by atoms with Crippen molar-refractivity contribution in [2.75, 3.05) is 31.1 Å². The normalized spacial score (nSPS) is 15.5. The van der Waals surface area contributed by atoms with E-state index in [1.807, 2.05) is 35.0 Å². The molecule has 27 heavy (non-hydrogen) atoms. The lowest BCUT2D eigenvalue weighted by atomic mass is 10.2. The third-order valence-corrected chi connectivity index (χ3v) is 5.08. The maximum absolute atomic E-state index is 5.42. The fraction of sp³-hybridized carbons (Fsp3) is 0.238. The average Bonchev–Trinajstić information content (AvgIpc) is 3.08. The third-order valence-electron chi connectivity index (χ3n) is 4.76. The summed E-state index contributed by atoms with van der Waals surface area (Å²) in [5.41, 5.74) is 2.44. The Hall–Kier alpha value is -2.70. The molecule has 5 nitrogen and oxygen atoms in total. The van der Waals surface area contributed by atoms with Crippen LogP contribution in [0.5, 0.6) is 0 Å². The third kappa shape index (κ3) is 4.53. The fourth-order valence-corrected chi connectivity index (χ4v) is 3.47. The molecule has 1 N–H and O–H groups in total. The predicted molar refractivity (Wildman–Crippen MR) is 113 cm³/mol. The van der Waals surface area contributed by atoms with Gasteiger partial charge in [-0.25, -0.2) is 4.68 Å². The fourth-order valence-electron chi connectivity index (χ4n) is 3.27. The quantitative estimate of drug-likeness (QED) is 0.685. The van der Waals surface area contributed by atoms with Gasteiger partial charge in [-0.3, -0.25) is 10.00 Å². The lowest BCUT2D eigenvalue weighted by Gasteiger charge is -2.35. The molecule has 0 saturated carbocycles. The van der Waals surface area contributed by atoms with Gasteiger partial charge in [0.25, 0.3) is 0 Å². The highest BCUT2D eigenvalue weighted by atomic mass is 32.1. The first-order chi connectivity index (χ1) is 13.3. The molecule has 0 unspecified atom stereocenters. The summed E-state index contributed by atoms with van der Waals surface area (Å²) in [5.74, 6) is 0.784. The topological polar surface area (TPSA) is 40.1 Å². The van der Waals surface area contributed by atoms with Crippen molar-refractivity contribution in [3.8, 4) is 0 Å². The summed E-state index contributed by atoms with van der Waals surface area (Å²) in [5, 5.41) is 3.30. The Morgan fingerprint density at radius 1 is 0.889 bits per heavy atom. The highest BCUT2D eigenvalue weighted by Gasteiger charge is 2.17. The van der Waals surface area contributed by atoms with Crippen LogP contribution >= 0.6 is 12.2 Å². The summed E-state index contributed by atoms with van der Waals surface area (Å²) in [6.07, 6.45) is 4.01. The molecular formula is C21H23N5S. The summed E-state index contributed by atoms with van der Waals surface area (Å²) in [6, 6.07) is 20.8. The second kappa shape index (κ2) is 8.33. The molecule has 1 aliphatic rings. The number of benzene rings is 2. The predicted octanol–water partition coefficient (Wildman–Crippen LogP) is 3.89. The van der Waals surface area contributed by atoms with Crippen LogP contribution in [0.4, 0.5) is 5.69 Å². The number of piperazine rings is 1. The molecule has 1 saturated heterocycles. The van der Waals surface area contributed by atoms with Crippen molar-refractivity contribution in [2.24, 2.45) is 0 Å². The summed E-state index contributed by atoms with van der Waals surface area (Å²) in [7, 11) is 0. The molecule has 0 aliphatic carbocycles. The molecule has 0 spiro atoms. The molecule has 1 aromatic heterocycles. The first kappa shape index (κ1) is 17.7. The van der Waals surface area contributed by atoms with E-state index < -0.39 is 0 Å². The monoisotopic (exact) mass is 377 g/mol. The Morgan fingerprint density at radius 3 is 2.26 bits per heavy atom. The lowest BCUT2D eigenvalue weighted by Crippen LogP contribution is -2.46. The largest absolute Gasteiger partial charge is 0.369 e. The lowest BCUT2D eigenvalue weighted by molar-refractivity contribution is 0.194. The van der Waals surface area contributed by atoms with Gasteiger partial charge in [0, 0.05) is 31.9 Å². The summed E-state index contributed by atoms with van der Waals surface area (Å²) in [4.78, 5) is 9.28. The van der Waals surface area contributed by atoms with Crippen LogP contribution < -0.4 is 4.90 Å². The van der Waals surface area contributed by atoms with Gasteiger partial charge in [-0.15, -0.1) is 0 Å². The van der Waals surface area contributed by atoms with Gasteiger partial charge in [0.2, 0.25) is 4.77 Å². The number of aromatic nitrogens is 3. The van der Waals surface area contributed by atoms with E-state index in [2.05, 4.69) is 62.3 Å². The summed E-state index contributed by atoms with van der Waals surface area (Å²) >= 11 is 5.42. The number of nitrogens with one attached hydrogen (secondary N) is 1. The maximum atomic E-state index is 5.42. The first-order valence-corrected chi connectivity index (χ1v) is 9.61. The molecule has 1 fully saturated rings. The Kier molecular flexibility index (Phi) is 5.46. The van der Waals surface area contributed by atoms with Gasteiger partial charge in [0.05, 0.1) is 6.67 Å². The van der Waals surface area contributed by atoms with Crippen LogP contribution in [0.25, 0.3) is 12.2 Å². The van der Waals surface area contributed by atoms with E-state index in [-0.39, 0.29) is 0 Å². The molecule has 3 aromatic rings. The molecule has 1 aliphatic heterocycles. The highest BCUT2D eigenvalue weighted by molar-refractivity contribution is 7.71. The van der Waals surface area contributed by atoms with Crippen LogP contribution in [0.2, 0.25) is 0 Å². The van der Waals surface area contributed by atoms with E-state index in [0.717, 1.165) is 44.2 Å². The molecule has 4 rings (SSSR count). The smallest absolute Gasteiger partial charge is 0.217 e. The molecule has 138 valence electrons. The van der Waals surface area contributed by atoms with Gasteiger partial charge in [-0.05, 0) is 36.0 Å².